The number of anilines is 4. The summed E-state index contributed by atoms with van der Waals surface area (Å²) in [6.07, 6.45) is 2.26. The Balaban J connectivity index is 1.70. The van der Waals surface area contributed by atoms with Gasteiger partial charge in [0.1, 0.15) is 5.82 Å². The maximum atomic E-state index is 4.78. The van der Waals surface area contributed by atoms with Crippen LogP contribution in [0.5, 0.6) is 0 Å². The normalized spacial score (nSPS) is 13.4. The highest BCUT2D eigenvalue weighted by molar-refractivity contribution is 9.10. The lowest BCUT2D eigenvalue weighted by molar-refractivity contribution is 0.758. The van der Waals surface area contributed by atoms with Crippen LogP contribution in [0.2, 0.25) is 0 Å². The largest absolute Gasteiger partial charge is 0.326 e. The van der Waals surface area contributed by atoms with Gasteiger partial charge < -0.3 is 10.2 Å². The molecule has 0 bridgehead atoms. The second-order valence-electron chi connectivity index (χ2n) is 6.18. The zero-order valence-corrected chi connectivity index (χ0v) is 15.6. The fourth-order valence-corrected chi connectivity index (χ4v) is 3.58. The van der Waals surface area contributed by atoms with Crippen molar-refractivity contribution in [3.8, 4) is 0 Å². The topological polar surface area (TPSA) is 41.1 Å². The summed E-state index contributed by atoms with van der Waals surface area (Å²) in [7, 11) is 0. The number of rotatable bonds is 3. The fourth-order valence-electron chi connectivity index (χ4n) is 3.20. The predicted molar refractivity (Wildman–Crippen MR) is 106 cm³/mol. The molecule has 0 saturated carbocycles. The van der Waals surface area contributed by atoms with Gasteiger partial charge in [0.15, 0.2) is 0 Å². The van der Waals surface area contributed by atoms with Crippen LogP contribution in [0, 0.1) is 6.92 Å². The Bertz CT molecular complexity index is 910. The van der Waals surface area contributed by atoms with Gasteiger partial charge in [0.05, 0.1) is 5.69 Å². The molecule has 0 saturated heterocycles. The zero-order valence-electron chi connectivity index (χ0n) is 14.0. The maximum Gasteiger partial charge on any atom is 0.229 e. The summed E-state index contributed by atoms with van der Waals surface area (Å²) in [5.41, 5.74) is 4.53. The third kappa shape index (κ3) is 3.37. The highest BCUT2D eigenvalue weighted by atomic mass is 79.9. The first-order chi connectivity index (χ1) is 12.2. The minimum atomic E-state index is 0.616. The summed E-state index contributed by atoms with van der Waals surface area (Å²) in [4.78, 5) is 11.6. The van der Waals surface area contributed by atoms with Crippen molar-refractivity contribution in [3.05, 3.63) is 70.3 Å². The molecule has 5 heteroatoms. The number of aryl methyl sites for hydroxylation is 2. The molecule has 0 atom stereocenters. The average molecular weight is 395 g/mol. The molecule has 4 rings (SSSR count). The van der Waals surface area contributed by atoms with Crippen molar-refractivity contribution in [1.82, 2.24) is 9.97 Å². The van der Waals surface area contributed by atoms with Gasteiger partial charge in [-0.2, -0.15) is 4.98 Å². The van der Waals surface area contributed by atoms with Gasteiger partial charge in [0, 0.05) is 28.5 Å². The van der Waals surface area contributed by atoms with Crippen LogP contribution in [0.1, 0.15) is 17.7 Å². The highest BCUT2D eigenvalue weighted by Gasteiger charge is 2.19. The number of nitrogens with one attached hydrogen (secondary N) is 1. The molecule has 0 fully saturated rings. The quantitative estimate of drug-likeness (QED) is 0.647. The third-order valence-electron chi connectivity index (χ3n) is 4.35. The number of aromatic nitrogens is 2. The number of halogens is 1. The molecular formula is C20H19BrN4. The van der Waals surface area contributed by atoms with Crippen molar-refractivity contribution >= 4 is 39.1 Å². The number of nitrogens with zero attached hydrogens (tertiary/aromatic N) is 3. The van der Waals surface area contributed by atoms with Gasteiger partial charge in [-0.25, -0.2) is 4.98 Å². The Kier molecular flexibility index (Phi) is 4.40. The van der Waals surface area contributed by atoms with Crippen LogP contribution in [-0.4, -0.2) is 16.5 Å². The van der Waals surface area contributed by atoms with E-state index in [1.54, 1.807) is 0 Å². The van der Waals surface area contributed by atoms with Gasteiger partial charge in [0.25, 0.3) is 0 Å². The molecule has 3 aromatic rings. The monoisotopic (exact) mass is 394 g/mol. The molecule has 1 aliphatic rings. The number of fused-ring (bicyclic) bond motifs is 1. The Hall–Kier alpha value is -2.40. The number of para-hydroxylation sites is 2. The van der Waals surface area contributed by atoms with Gasteiger partial charge in [0.2, 0.25) is 5.95 Å². The van der Waals surface area contributed by atoms with Crippen molar-refractivity contribution in [2.45, 2.75) is 19.8 Å². The molecule has 126 valence electrons. The summed E-state index contributed by atoms with van der Waals surface area (Å²) in [5, 5.41) is 3.32. The Morgan fingerprint density at radius 1 is 1.04 bits per heavy atom. The standard InChI is InChI=1S/C20H19BrN4/c1-14-13-19(25-12-6-8-15-7-2-5-11-18(15)25)24-20(22-14)23-17-10-4-3-9-16(17)21/h2-5,7,9-11,13H,6,8,12H2,1H3,(H,22,23,24). The van der Waals surface area contributed by atoms with Gasteiger partial charge in [-0.1, -0.05) is 30.3 Å². The third-order valence-corrected chi connectivity index (χ3v) is 5.04. The summed E-state index contributed by atoms with van der Waals surface area (Å²) >= 11 is 3.56. The molecule has 1 aromatic heterocycles. The van der Waals surface area contributed by atoms with Crippen LogP contribution in [0.3, 0.4) is 0 Å². The molecule has 2 aromatic carbocycles. The molecule has 4 nitrogen and oxygen atoms in total. The molecular weight excluding hydrogens is 376 g/mol. The van der Waals surface area contributed by atoms with Crippen molar-refractivity contribution in [2.24, 2.45) is 0 Å². The molecule has 0 aliphatic carbocycles. The molecule has 1 N–H and O–H groups in total. The molecule has 0 unspecified atom stereocenters. The lowest BCUT2D eigenvalue weighted by Gasteiger charge is -2.30. The molecule has 0 amide bonds. The molecule has 0 radical (unpaired) electrons. The van der Waals surface area contributed by atoms with Gasteiger partial charge in [-0.3, -0.25) is 0 Å². The maximum absolute atomic E-state index is 4.78. The first-order valence-corrected chi connectivity index (χ1v) is 9.23. The minimum Gasteiger partial charge on any atom is -0.326 e. The fraction of sp³-hybridized carbons (Fsp3) is 0.200. The van der Waals surface area contributed by atoms with E-state index < -0.39 is 0 Å². The number of benzene rings is 2. The second-order valence-corrected chi connectivity index (χ2v) is 7.03. The van der Waals surface area contributed by atoms with E-state index in [1.807, 2.05) is 37.3 Å². The minimum absolute atomic E-state index is 0.616. The Morgan fingerprint density at radius 2 is 1.84 bits per heavy atom. The average Bonchev–Trinajstić information content (AvgIpc) is 2.63. The SMILES string of the molecule is Cc1cc(N2CCCc3ccccc32)nc(Nc2ccccc2Br)n1. The van der Waals surface area contributed by atoms with E-state index in [0.29, 0.717) is 5.95 Å². The summed E-state index contributed by atoms with van der Waals surface area (Å²) in [5.74, 6) is 1.55. The molecule has 25 heavy (non-hydrogen) atoms. The lowest BCUT2D eigenvalue weighted by atomic mass is 10.0. The molecule has 1 aliphatic heterocycles. The van der Waals surface area contributed by atoms with Crippen LogP contribution >= 0.6 is 15.9 Å². The smallest absolute Gasteiger partial charge is 0.229 e. The molecule has 0 spiro atoms. The van der Waals surface area contributed by atoms with Crippen molar-refractivity contribution in [2.75, 3.05) is 16.8 Å². The highest BCUT2D eigenvalue weighted by Crippen LogP contribution is 2.33. The first-order valence-electron chi connectivity index (χ1n) is 8.43. The van der Waals surface area contributed by atoms with Crippen LogP contribution in [0.4, 0.5) is 23.1 Å². The lowest BCUT2D eigenvalue weighted by Crippen LogP contribution is -2.25. The number of hydrogen-bond donors (Lipinski definition) is 1. The van der Waals surface area contributed by atoms with E-state index >= 15 is 0 Å². The van der Waals surface area contributed by atoms with Gasteiger partial charge in [-0.15, -0.1) is 0 Å². The van der Waals surface area contributed by atoms with Crippen molar-refractivity contribution in [1.29, 1.82) is 0 Å². The van der Waals surface area contributed by atoms with Gasteiger partial charge >= 0.3 is 0 Å². The zero-order chi connectivity index (χ0) is 17.2. The van der Waals surface area contributed by atoms with Crippen LogP contribution in [0.15, 0.2) is 59.1 Å². The summed E-state index contributed by atoms with van der Waals surface area (Å²) < 4.78 is 0.991. The van der Waals surface area contributed by atoms with E-state index in [9.17, 15) is 0 Å². The number of hydrogen-bond acceptors (Lipinski definition) is 4. The summed E-state index contributed by atoms with van der Waals surface area (Å²) in [6, 6.07) is 18.6. The Labute approximate surface area is 156 Å². The van der Waals surface area contributed by atoms with Crippen molar-refractivity contribution < 1.29 is 0 Å². The van der Waals surface area contributed by atoms with E-state index in [-0.39, 0.29) is 0 Å². The van der Waals surface area contributed by atoms with Gasteiger partial charge in [-0.05, 0) is 59.5 Å². The van der Waals surface area contributed by atoms with E-state index in [4.69, 9.17) is 4.98 Å². The van der Waals surface area contributed by atoms with Crippen molar-refractivity contribution in [3.63, 3.8) is 0 Å². The van der Waals surface area contributed by atoms with E-state index in [1.165, 1.54) is 11.3 Å². The van der Waals surface area contributed by atoms with Crippen LogP contribution < -0.4 is 10.2 Å². The first kappa shape index (κ1) is 16.1. The van der Waals surface area contributed by atoms with E-state index in [0.717, 1.165) is 41.1 Å². The van der Waals surface area contributed by atoms with Crippen LogP contribution in [0.25, 0.3) is 0 Å². The predicted octanol–water partition coefficient (Wildman–Crippen LogP) is 5.38. The Morgan fingerprint density at radius 3 is 2.72 bits per heavy atom. The van der Waals surface area contributed by atoms with Crippen LogP contribution in [-0.2, 0) is 6.42 Å². The second kappa shape index (κ2) is 6.84. The summed E-state index contributed by atoms with van der Waals surface area (Å²) in [6.45, 7) is 2.98. The molecule has 2 heterocycles. The van der Waals surface area contributed by atoms with E-state index in [2.05, 4.69) is 55.4 Å².